The number of ether oxygens (including phenoxy) is 1. The van der Waals surface area contributed by atoms with Crippen molar-refractivity contribution in [3.05, 3.63) is 35.4 Å². The first kappa shape index (κ1) is 13.6. The summed E-state index contributed by atoms with van der Waals surface area (Å²) in [5, 5.41) is 8.79. The van der Waals surface area contributed by atoms with Crippen molar-refractivity contribution in [1.29, 1.82) is 0 Å². The van der Waals surface area contributed by atoms with Gasteiger partial charge in [-0.25, -0.2) is 4.79 Å². The molecule has 0 spiro atoms. The van der Waals surface area contributed by atoms with Gasteiger partial charge in [-0.05, 0) is 12.1 Å². The smallest absolute Gasteiger partial charge is 0.335 e. The van der Waals surface area contributed by atoms with E-state index < -0.39 is 5.97 Å². The van der Waals surface area contributed by atoms with Crippen LogP contribution in [0.1, 0.15) is 20.7 Å². The van der Waals surface area contributed by atoms with E-state index in [-0.39, 0.29) is 16.3 Å². The quantitative estimate of drug-likeness (QED) is 0.663. The molecule has 6 heteroatoms. The average Bonchev–Trinajstić information content (AvgIpc) is 2.46. The molecule has 1 aromatic rings. The van der Waals surface area contributed by atoms with E-state index in [1.807, 2.05) is 4.90 Å². The normalized spacial score (nSPS) is 15.1. The Balaban J connectivity index is 2.10. The van der Waals surface area contributed by atoms with Crippen LogP contribution in [0.4, 0.5) is 0 Å². The first-order valence-electron chi connectivity index (χ1n) is 5.84. The summed E-state index contributed by atoms with van der Waals surface area (Å²) >= 11 is 5.17. The van der Waals surface area contributed by atoms with Crippen molar-refractivity contribution >= 4 is 29.0 Å². The number of hydrogen-bond acceptors (Lipinski definition) is 4. The molecule has 0 atom stereocenters. The lowest BCUT2D eigenvalue weighted by molar-refractivity contribution is 0.0669. The molecule has 0 aromatic heterocycles. The van der Waals surface area contributed by atoms with Gasteiger partial charge < -0.3 is 14.7 Å². The molecule has 19 heavy (non-hydrogen) atoms. The molecule has 1 aliphatic rings. The molecule has 0 bridgehead atoms. The molecule has 100 valence electrons. The number of carboxylic acid groups (broad SMARTS) is 1. The van der Waals surface area contributed by atoms with E-state index in [2.05, 4.69) is 0 Å². The van der Waals surface area contributed by atoms with Crippen molar-refractivity contribution in [2.75, 3.05) is 26.3 Å². The molecule has 1 N–H and O–H groups in total. The zero-order valence-electron chi connectivity index (χ0n) is 10.2. The van der Waals surface area contributed by atoms with Gasteiger partial charge in [-0.2, -0.15) is 0 Å². The number of morpholine rings is 1. The number of carboxylic acids is 1. The largest absolute Gasteiger partial charge is 0.478 e. The molecule has 1 saturated heterocycles. The fourth-order valence-electron chi connectivity index (χ4n) is 1.80. The van der Waals surface area contributed by atoms with E-state index in [0.29, 0.717) is 31.9 Å². The molecule has 0 amide bonds. The first-order valence-corrected chi connectivity index (χ1v) is 6.25. The monoisotopic (exact) mass is 279 g/mol. The number of carbonyl (C=O) groups excluding carboxylic acids is 1. The van der Waals surface area contributed by atoms with Crippen LogP contribution in [0.15, 0.2) is 24.3 Å². The van der Waals surface area contributed by atoms with Gasteiger partial charge in [0.25, 0.3) is 0 Å². The van der Waals surface area contributed by atoms with Gasteiger partial charge >= 0.3 is 5.97 Å². The summed E-state index contributed by atoms with van der Waals surface area (Å²) in [5.74, 6) is -1.27. The third kappa shape index (κ3) is 3.15. The van der Waals surface area contributed by atoms with Crippen LogP contribution in [0, 0.1) is 0 Å². The summed E-state index contributed by atoms with van der Waals surface area (Å²) in [6.45, 7) is 2.34. The van der Waals surface area contributed by atoms with Gasteiger partial charge in [-0.3, -0.25) is 4.79 Å². The van der Waals surface area contributed by atoms with E-state index >= 15 is 0 Å². The molecule has 0 saturated carbocycles. The molecule has 0 unspecified atom stereocenters. The highest BCUT2D eigenvalue weighted by Crippen LogP contribution is 2.09. The maximum absolute atomic E-state index is 12.2. The molecule has 1 heterocycles. The van der Waals surface area contributed by atoms with Crippen molar-refractivity contribution < 1.29 is 19.4 Å². The van der Waals surface area contributed by atoms with Crippen LogP contribution in [0.25, 0.3) is 0 Å². The van der Waals surface area contributed by atoms with E-state index in [1.165, 1.54) is 24.3 Å². The van der Waals surface area contributed by atoms with Gasteiger partial charge in [0.15, 0.2) is 4.99 Å². The summed E-state index contributed by atoms with van der Waals surface area (Å²) in [6, 6.07) is 5.77. The predicted octanol–water partition coefficient (Wildman–Crippen LogP) is 1.23. The lowest BCUT2D eigenvalue weighted by Crippen LogP contribution is -2.43. The topological polar surface area (TPSA) is 66.8 Å². The maximum atomic E-state index is 12.2. The van der Waals surface area contributed by atoms with Crippen LogP contribution < -0.4 is 0 Å². The molecule has 5 nitrogen and oxygen atoms in total. The minimum atomic E-state index is -1.02. The molecule has 0 radical (unpaired) electrons. The Morgan fingerprint density at radius 1 is 1.11 bits per heavy atom. The number of ketones is 1. The molecule has 1 aliphatic heterocycles. The van der Waals surface area contributed by atoms with Crippen molar-refractivity contribution in [1.82, 2.24) is 4.90 Å². The lowest BCUT2D eigenvalue weighted by Gasteiger charge is -2.28. The number of benzene rings is 1. The number of Topliss-reactive ketones (excluding diaryl/α,β-unsaturated/α-hetero) is 1. The van der Waals surface area contributed by atoms with Gasteiger partial charge in [0.1, 0.15) is 0 Å². The average molecular weight is 279 g/mol. The van der Waals surface area contributed by atoms with E-state index in [4.69, 9.17) is 22.1 Å². The number of hydrogen-bond donors (Lipinski definition) is 1. The Kier molecular flexibility index (Phi) is 4.24. The molecule has 1 aromatic carbocycles. The van der Waals surface area contributed by atoms with Crippen molar-refractivity contribution in [2.45, 2.75) is 0 Å². The Bertz CT molecular complexity index is 506. The number of rotatable bonds is 3. The molecular weight excluding hydrogens is 266 g/mol. The van der Waals surface area contributed by atoms with E-state index in [1.54, 1.807) is 0 Å². The second-order valence-corrected chi connectivity index (χ2v) is 4.50. The summed E-state index contributed by atoms with van der Waals surface area (Å²) in [6.07, 6.45) is 0. The zero-order chi connectivity index (χ0) is 13.8. The Hall–Kier alpha value is -1.79. The van der Waals surface area contributed by atoms with Crippen LogP contribution in [0.5, 0.6) is 0 Å². The van der Waals surface area contributed by atoms with Gasteiger partial charge in [-0.1, -0.05) is 24.4 Å². The van der Waals surface area contributed by atoms with Gasteiger partial charge in [0.05, 0.1) is 18.8 Å². The van der Waals surface area contributed by atoms with Crippen LogP contribution in [0.3, 0.4) is 0 Å². The third-order valence-corrected chi connectivity index (χ3v) is 3.33. The number of thiocarbonyl (C=S) groups is 1. The summed E-state index contributed by atoms with van der Waals surface area (Å²) < 4.78 is 5.20. The minimum absolute atomic E-state index is 0.147. The van der Waals surface area contributed by atoms with Crippen LogP contribution in [-0.4, -0.2) is 53.1 Å². The molecule has 0 aliphatic carbocycles. The van der Waals surface area contributed by atoms with Crippen molar-refractivity contribution in [3.63, 3.8) is 0 Å². The Morgan fingerprint density at radius 3 is 2.16 bits per heavy atom. The van der Waals surface area contributed by atoms with Gasteiger partial charge in [0.2, 0.25) is 5.78 Å². The van der Waals surface area contributed by atoms with Crippen LogP contribution >= 0.6 is 12.2 Å². The fourth-order valence-corrected chi connectivity index (χ4v) is 2.10. The third-order valence-electron chi connectivity index (χ3n) is 2.89. The van der Waals surface area contributed by atoms with Crippen LogP contribution in [0.2, 0.25) is 0 Å². The fraction of sp³-hybridized carbons (Fsp3) is 0.308. The number of aromatic carboxylic acids is 1. The summed E-state index contributed by atoms with van der Waals surface area (Å²) in [5.41, 5.74) is 0.551. The van der Waals surface area contributed by atoms with Gasteiger partial charge in [-0.15, -0.1) is 0 Å². The number of nitrogens with zero attached hydrogens (tertiary/aromatic N) is 1. The summed E-state index contributed by atoms with van der Waals surface area (Å²) in [7, 11) is 0. The second kappa shape index (κ2) is 5.90. The molecular formula is C13H13NO4S. The van der Waals surface area contributed by atoms with Gasteiger partial charge in [0, 0.05) is 18.7 Å². The van der Waals surface area contributed by atoms with Crippen LogP contribution in [-0.2, 0) is 4.74 Å². The Morgan fingerprint density at radius 2 is 1.63 bits per heavy atom. The highest BCUT2D eigenvalue weighted by Gasteiger charge is 2.21. The molecule has 2 rings (SSSR count). The standard InChI is InChI=1S/C13H13NO4S/c15-11(12(19)14-5-7-18-8-6-14)9-1-3-10(4-2-9)13(16)17/h1-4H,5-8H2,(H,16,17). The highest BCUT2D eigenvalue weighted by atomic mass is 32.1. The molecule has 1 fully saturated rings. The zero-order valence-corrected chi connectivity index (χ0v) is 11.0. The van der Waals surface area contributed by atoms with E-state index in [0.717, 1.165) is 0 Å². The first-order chi connectivity index (χ1) is 9.09. The highest BCUT2D eigenvalue weighted by molar-refractivity contribution is 7.82. The van der Waals surface area contributed by atoms with Crippen molar-refractivity contribution in [3.8, 4) is 0 Å². The maximum Gasteiger partial charge on any atom is 0.335 e. The van der Waals surface area contributed by atoms with Crippen molar-refractivity contribution in [2.24, 2.45) is 0 Å². The lowest BCUT2D eigenvalue weighted by atomic mass is 10.1. The minimum Gasteiger partial charge on any atom is -0.478 e. The number of carbonyl (C=O) groups is 2. The summed E-state index contributed by atoms with van der Waals surface area (Å²) in [4.78, 5) is 25.0. The SMILES string of the molecule is O=C(O)c1ccc(C(=O)C(=S)N2CCOCC2)cc1. The second-order valence-electron chi connectivity index (χ2n) is 4.12. The Labute approximate surface area is 115 Å². The van der Waals surface area contributed by atoms with E-state index in [9.17, 15) is 9.59 Å². The predicted molar refractivity (Wildman–Crippen MR) is 72.7 cm³/mol.